The molecule has 2 rings (SSSR count). The van der Waals surface area contributed by atoms with Gasteiger partial charge in [-0.3, -0.25) is 4.57 Å². The molecule has 0 spiro atoms. The topological polar surface area (TPSA) is 39.9 Å². The lowest BCUT2D eigenvalue weighted by atomic mass is 10.0. The minimum Gasteiger partial charge on any atom is -0.383 e. The first-order valence-electron chi connectivity index (χ1n) is 5.74. The van der Waals surface area contributed by atoms with Gasteiger partial charge in [-0.1, -0.05) is 13.8 Å². The number of hydrogen-bond donors (Lipinski definition) is 0. The van der Waals surface area contributed by atoms with Crippen molar-refractivity contribution in [2.24, 2.45) is 5.92 Å². The molecule has 0 N–H and O–H groups in total. The van der Waals surface area contributed by atoms with Crippen LogP contribution >= 0.6 is 11.6 Å². The maximum absolute atomic E-state index is 6.13. The van der Waals surface area contributed by atoms with E-state index < -0.39 is 0 Å². The first-order valence-corrected chi connectivity index (χ1v) is 6.12. The van der Waals surface area contributed by atoms with E-state index in [9.17, 15) is 0 Å². The van der Waals surface area contributed by atoms with Crippen molar-refractivity contribution in [3.05, 3.63) is 11.1 Å². The van der Waals surface area contributed by atoms with E-state index in [1.165, 1.54) is 12.8 Å². The van der Waals surface area contributed by atoms with Crippen molar-refractivity contribution in [3.63, 3.8) is 0 Å². The maximum atomic E-state index is 6.13. The molecule has 1 unspecified atom stereocenters. The predicted molar refractivity (Wildman–Crippen MR) is 62.8 cm³/mol. The van der Waals surface area contributed by atoms with Crippen LogP contribution in [0.2, 0.25) is 5.28 Å². The van der Waals surface area contributed by atoms with Gasteiger partial charge in [0, 0.05) is 13.0 Å². The number of ether oxygens (including phenoxy) is 1. The Labute approximate surface area is 101 Å². The highest BCUT2D eigenvalue weighted by atomic mass is 35.5. The molecule has 1 fully saturated rings. The van der Waals surface area contributed by atoms with Crippen molar-refractivity contribution in [2.45, 2.75) is 38.6 Å². The van der Waals surface area contributed by atoms with Crippen molar-refractivity contribution in [1.82, 2.24) is 14.8 Å². The highest BCUT2D eigenvalue weighted by Gasteiger charge is 2.33. The molecule has 1 aromatic heterocycles. The fourth-order valence-corrected chi connectivity index (χ4v) is 2.20. The SMILES string of the molecule is COCC(C(C)C)n1c(Cl)nnc1C1CC1. The summed E-state index contributed by atoms with van der Waals surface area (Å²) in [4.78, 5) is 0. The summed E-state index contributed by atoms with van der Waals surface area (Å²) in [6.45, 7) is 4.97. The largest absolute Gasteiger partial charge is 0.383 e. The van der Waals surface area contributed by atoms with Gasteiger partial charge in [-0.05, 0) is 30.4 Å². The molecule has 16 heavy (non-hydrogen) atoms. The molecule has 0 saturated heterocycles. The van der Waals surface area contributed by atoms with Crippen molar-refractivity contribution in [2.75, 3.05) is 13.7 Å². The number of aromatic nitrogens is 3. The second-order valence-electron chi connectivity index (χ2n) is 4.74. The van der Waals surface area contributed by atoms with E-state index in [1.54, 1.807) is 7.11 Å². The standard InChI is InChI=1S/C11H18ClN3O/c1-7(2)9(6-16-3)15-10(8-4-5-8)13-14-11(15)12/h7-9H,4-6H2,1-3H3. The second-order valence-corrected chi connectivity index (χ2v) is 5.08. The van der Waals surface area contributed by atoms with E-state index in [2.05, 4.69) is 24.0 Å². The lowest BCUT2D eigenvalue weighted by Crippen LogP contribution is -2.22. The summed E-state index contributed by atoms with van der Waals surface area (Å²) in [6.07, 6.45) is 2.40. The van der Waals surface area contributed by atoms with Crippen LogP contribution in [0.4, 0.5) is 0 Å². The molecule has 4 nitrogen and oxygen atoms in total. The zero-order valence-corrected chi connectivity index (χ0v) is 10.7. The maximum Gasteiger partial charge on any atom is 0.225 e. The average molecular weight is 244 g/mol. The quantitative estimate of drug-likeness (QED) is 0.798. The smallest absolute Gasteiger partial charge is 0.225 e. The minimum atomic E-state index is 0.225. The van der Waals surface area contributed by atoms with E-state index in [0.717, 1.165) is 5.82 Å². The molecule has 0 amide bonds. The van der Waals surface area contributed by atoms with Crippen LogP contribution in [0.25, 0.3) is 0 Å². The van der Waals surface area contributed by atoms with E-state index in [-0.39, 0.29) is 6.04 Å². The number of rotatable bonds is 5. The van der Waals surface area contributed by atoms with Gasteiger partial charge in [0.2, 0.25) is 5.28 Å². The van der Waals surface area contributed by atoms with Crippen molar-refractivity contribution in [3.8, 4) is 0 Å². The number of hydrogen-bond acceptors (Lipinski definition) is 3. The van der Waals surface area contributed by atoms with E-state index in [4.69, 9.17) is 16.3 Å². The molecule has 1 atom stereocenters. The first kappa shape index (κ1) is 11.9. The summed E-state index contributed by atoms with van der Waals surface area (Å²) in [5, 5.41) is 8.66. The molecule has 1 heterocycles. The molecule has 1 aliphatic carbocycles. The first-order chi connectivity index (χ1) is 7.65. The van der Waals surface area contributed by atoms with Crippen LogP contribution in [0.5, 0.6) is 0 Å². The minimum absolute atomic E-state index is 0.225. The van der Waals surface area contributed by atoms with Crippen molar-refractivity contribution < 1.29 is 4.74 Å². The average Bonchev–Trinajstić information content (AvgIpc) is 3.00. The molecular formula is C11H18ClN3O. The predicted octanol–water partition coefficient (Wildman–Crippen LogP) is 2.65. The Balaban J connectivity index is 2.31. The Morgan fingerprint density at radius 3 is 2.62 bits per heavy atom. The summed E-state index contributed by atoms with van der Waals surface area (Å²) in [7, 11) is 1.71. The number of methoxy groups -OCH3 is 1. The highest BCUT2D eigenvalue weighted by Crippen LogP contribution is 2.41. The molecule has 0 aromatic carbocycles. The zero-order chi connectivity index (χ0) is 11.7. The molecule has 90 valence electrons. The molecule has 0 bridgehead atoms. The Bertz CT molecular complexity index is 360. The van der Waals surface area contributed by atoms with E-state index >= 15 is 0 Å². The van der Waals surface area contributed by atoms with E-state index in [1.807, 2.05) is 4.57 Å². The monoisotopic (exact) mass is 243 g/mol. The van der Waals surface area contributed by atoms with Crippen LogP contribution in [0, 0.1) is 5.92 Å². The number of nitrogens with zero attached hydrogens (tertiary/aromatic N) is 3. The highest BCUT2D eigenvalue weighted by molar-refractivity contribution is 6.28. The van der Waals surface area contributed by atoms with Gasteiger partial charge in [-0.15, -0.1) is 10.2 Å². The normalized spacial score (nSPS) is 18.1. The lowest BCUT2D eigenvalue weighted by Gasteiger charge is -2.23. The summed E-state index contributed by atoms with van der Waals surface area (Å²) >= 11 is 6.13. The van der Waals surface area contributed by atoms with Crippen molar-refractivity contribution in [1.29, 1.82) is 0 Å². The van der Waals surface area contributed by atoms with Crippen molar-refractivity contribution >= 4 is 11.6 Å². The summed E-state index contributed by atoms with van der Waals surface area (Å²) in [6, 6.07) is 0.225. The molecule has 1 aromatic rings. The molecular weight excluding hydrogens is 226 g/mol. The van der Waals surface area contributed by atoms with Gasteiger partial charge in [0.15, 0.2) is 0 Å². The van der Waals surface area contributed by atoms with Crippen LogP contribution < -0.4 is 0 Å². The molecule has 0 aliphatic heterocycles. The molecule has 0 radical (unpaired) electrons. The number of halogens is 1. The van der Waals surface area contributed by atoms with Gasteiger partial charge >= 0.3 is 0 Å². The zero-order valence-electron chi connectivity index (χ0n) is 9.98. The Hall–Kier alpha value is -0.610. The third-order valence-electron chi connectivity index (χ3n) is 3.06. The van der Waals surface area contributed by atoms with Gasteiger partial charge < -0.3 is 4.74 Å². The third kappa shape index (κ3) is 2.23. The van der Waals surface area contributed by atoms with Gasteiger partial charge in [-0.25, -0.2) is 0 Å². The summed E-state index contributed by atoms with van der Waals surface area (Å²) in [5.74, 6) is 2.03. The van der Waals surface area contributed by atoms with Gasteiger partial charge in [0.05, 0.1) is 12.6 Å². The third-order valence-corrected chi connectivity index (χ3v) is 3.32. The van der Waals surface area contributed by atoms with Crippen LogP contribution in [0.15, 0.2) is 0 Å². The van der Waals surface area contributed by atoms with Crippen LogP contribution in [0.1, 0.15) is 44.5 Å². The summed E-state index contributed by atoms with van der Waals surface area (Å²) in [5.41, 5.74) is 0. The summed E-state index contributed by atoms with van der Waals surface area (Å²) < 4.78 is 7.31. The fourth-order valence-electron chi connectivity index (χ4n) is 1.95. The van der Waals surface area contributed by atoms with Gasteiger partial charge in [0.25, 0.3) is 0 Å². The molecule has 5 heteroatoms. The molecule has 1 aliphatic rings. The van der Waals surface area contributed by atoms with Gasteiger partial charge in [0.1, 0.15) is 5.82 Å². The Morgan fingerprint density at radius 2 is 2.12 bits per heavy atom. The van der Waals surface area contributed by atoms with Crippen LogP contribution in [0.3, 0.4) is 0 Å². The fraction of sp³-hybridized carbons (Fsp3) is 0.818. The van der Waals surface area contributed by atoms with Gasteiger partial charge in [-0.2, -0.15) is 0 Å². The van der Waals surface area contributed by atoms with E-state index in [0.29, 0.717) is 23.7 Å². The molecule has 1 saturated carbocycles. The Kier molecular flexibility index (Phi) is 3.50. The van der Waals surface area contributed by atoms with Crippen LogP contribution in [-0.2, 0) is 4.74 Å². The Morgan fingerprint density at radius 1 is 1.44 bits per heavy atom. The van der Waals surface area contributed by atoms with Crippen LogP contribution in [-0.4, -0.2) is 28.5 Å². The second kappa shape index (κ2) is 4.72. The lowest BCUT2D eigenvalue weighted by molar-refractivity contribution is 0.131.